The summed E-state index contributed by atoms with van der Waals surface area (Å²) < 4.78 is 0. The zero-order valence-electron chi connectivity index (χ0n) is 9.30. The van der Waals surface area contributed by atoms with Gasteiger partial charge < -0.3 is 5.41 Å². The van der Waals surface area contributed by atoms with Gasteiger partial charge in [-0.25, -0.2) is 0 Å². The van der Waals surface area contributed by atoms with E-state index in [9.17, 15) is 0 Å². The Morgan fingerprint density at radius 2 is 2.29 bits per heavy atom. The van der Waals surface area contributed by atoms with Crippen LogP contribution < -0.4 is 0 Å². The van der Waals surface area contributed by atoms with Gasteiger partial charge in [0.15, 0.2) is 0 Å². The average molecular weight is 189 g/mol. The molecule has 0 bridgehead atoms. The molecule has 76 valence electrons. The van der Waals surface area contributed by atoms with Crippen molar-refractivity contribution in [3.63, 3.8) is 0 Å². The second-order valence-corrected chi connectivity index (χ2v) is 3.96. The minimum Gasteiger partial charge on any atom is -0.308 e. The summed E-state index contributed by atoms with van der Waals surface area (Å²) >= 11 is 0. The predicted octanol–water partition coefficient (Wildman–Crippen LogP) is 3.88. The first-order chi connectivity index (χ1) is 6.68. The van der Waals surface area contributed by atoms with Crippen molar-refractivity contribution < 1.29 is 0 Å². The Morgan fingerprint density at radius 1 is 1.57 bits per heavy atom. The molecule has 1 unspecified atom stereocenters. The highest BCUT2D eigenvalue weighted by Crippen LogP contribution is 2.39. The lowest BCUT2D eigenvalue weighted by Gasteiger charge is -2.32. The quantitative estimate of drug-likeness (QED) is 0.514. The van der Waals surface area contributed by atoms with Crippen LogP contribution in [0, 0.1) is 10.8 Å². The highest BCUT2D eigenvalue weighted by Gasteiger charge is 2.27. The van der Waals surface area contributed by atoms with Gasteiger partial charge in [0.05, 0.1) is 0 Å². The van der Waals surface area contributed by atoms with E-state index in [-0.39, 0.29) is 5.41 Å². The molecule has 1 rings (SSSR count). The zero-order chi connectivity index (χ0) is 10.6. The minimum absolute atomic E-state index is 0.130. The highest BCUT2D eigenvalue weighted by molar-refractivity contribution is 5.82. The van der Waals surface area contributed by atoms with E-state index in [0.717, 1.165) is 18.4 Å². The molecule has 14 heavy (non-hydrogen) atoms. The molecule has 1 heteroatoms. The molecule has 0 aromatic rings. The Hall–Kier alpha value is -1.11. The second-order valence-electron chi connectivity index (χ2n) is 3.96. The van der Waals surface area contributed by atoms with Gasteiger partial charge in [0, 0.05) is 11.6 Å². The molecule has 1 aliphatic rings. The monoisotopic (exact) mass is 189 g/mol. The topological polar surface area (TPSA) is 23.9 Å². The van der Waals surface area contributed by atoms with Gasteiger partial charge >= 0.3 is 0 Å². The lowest BCUT2D eigenvalue weighted by molar-refractivity contribution is 0.497. The molecule has 0 radical (unpaired) electrons. The molecule has 1 N–H and O–H groups in total. The third-order valence-electron chi connectivity index (χ3n) is 2.92. The summed E-state index contributed by atoms with van der Waals surface area (Å²) in [6.45, 7) is 6.47. The number of allylic oxidation sites excluding steroid dienone is 6. The van der Waals surface area contributed by atoms with Gasteiger partial charge in [0.25, 0.3) is 0 Å². The highest BCUT2D eigenvalue weighted by atomic mass is 14.4. The first-order valence-corrected chi connectivity index (χ1v) is 5.22. The molecule has 1 aliphatic carbocycles. The molecule has 0 saturated carbocycles. The maximum Gasteiger partial charge on any atom is 0.0250 e. The number of rotatable bonds is 3. The summed E-state index contributed by atoms with van der Waals surface area (Å²) in [4.78, 5) is 0. The van der Waals surface area contributed by atoms with Crippen LogP contribution in [0.3, 0.4) is 0 Å². The van der Waals surface area contributed by atoms with Crippen molar-refractivity contribution in [1.29, 1.82) is 5.41 Å². The van der Waals surface area contributed by atoms with Crippen molar-refractivity contribution in [1.82, 2.24) is 0 Å². The van der Waals surface area contributed by atoms with Crippen molar-refractivity contribution in [2.45, 2.75) is 33.6 Å². The fraction of sp³-hybridized carbons (Fsp3) is 0.462. The third-order valence-corrected chi connectivity index (χ3v) is 2.92. The molecule has 1 nitrogen and oxygen atoms in total. The van der Waals surface area contributed by atoms with E-state index in [1.165, 1.54) is 11.8 Å². The maximum absolute atomic E-state index is 7.38. The van der Waals surface area contributed by atoms with E-state index >= 15 is 0 Å². The maximum atomic E-state index is 7.38. The summed E-state index contributed by atoms with van der Waals surface area (Å²) in [7, 11) is 0. The molecule has 0 amide bonds. The largest absolute Gasteiger partial charge is 0.308 e. The Labute approximate surface area is 86.7 Å². The summed E-state index contributed by atoms with van der Waals surface area (Å²) in [6, 6.07) is 0. The first-order valence-electron chi connectivity index (χ1n) is 5.22. The standard InChI is InChI=1S/C13H19N/c1-4-8-13(3)9-6-7-11(10-14)12(13)5-2/h4,6-8,10,14H,5,9H2,1-3H3/b8-4-,14-10?. The van der Waals surface area contributed by atoms with E-state index in [0.29, 0.717) is 0 Å². The summed E-state index contributed by atoms with van der Waals surface area (Å²) in [6.07, 6.45) is 12.1. The van der Waals surface area contributed by atoms with Crippen molar-refractivity contribution in [2.24, 2.45) is 5.41 Å². The predicted molar refractivity (Wildman–Crippen MR) is 62.8 cm³/mol. The van der Waals surface area contributed by atoms with Crippen LogP contribution in [0.15, 0.2) is 35.5 Å². The van der Waals surface area contributed by atoms with Gasteiger partial charge in [-0.3, -0.25) is 0 Å². The van der Waals surface area contributed by atoms with E-state index in [2.05, 4.69) is 45.1 Å². The molecule has 0 heterocycles. The van der Waals surface area contributed by atoms with Crippen LogP contribution in [0.4, 0.5) is 0 Å². The van der Waals surface area contributed by atoms with Crippen LogP contribution in [-0.4, -0.2) is 6.21 Å². The van der Waals surface area contributed by atoms with Crippen LogP contribution >= 0.6 is 0 Å². The fourth-order valence-electron chi connectivity index (χ4n) is 2.26. The van der Waals surface area contributed by atoms with Crippen LogP contribution in [0.1, 0.15) is 33.6 Å². The van der Waals surface area contributed by atoms with Crippen LogP contribution in [0.2, 0.25) is 0 Å². The SMILES string of the molecule is C/C=C\C1(C)CC=CC(C=N)=C1CC. The normalized spacial score (nSPS) is 27.4. The molecule has 0 saturated heterocycles. The lowest BCUT2D eigenvalue weighted by atomic mass is 9.73. The Morgan fingerprint density at radius 3 is 2.79 bits per heavy atom. The van der Waals surface area contributed by atoms with Crippen LogP contribution in [0.25, 0.3) is 0 Å². The summed E-state index contributed by atoms with van der Waals surface area (Å²) in [5.41, 5.74) is 2.60. The minimum atomic E-state index is 0.130. The van der Waals surface area contributed by atoms with Gasteiger partial charge in [0.2, 0.25) is 0 Å². The molecule has 0 fully saturated rings. The van der Waals surface area contributed by atoms with Crippen LogP contribution in [0.5, 0.6) is 0 Å². The Balaban J connectivity index is 3.18. The number of nitrogens with one attached hydrogen (secondary N) is 1. The second kappa shape index (κ2) is 4.41. The van der Waals surface area contributed by atoms with E-state index < -0.39 is 0 Å². The fourth-order valence-corrected chi connectivity index (χ4v) is 2.26. The van der Waals surface area contributed by atoms with Gasteiger partial charge in [-0.15, -0.1) is 0 Å². The Kier molecular flexibility index (Phi) is 3.45. The molecule has 0 aliphatic heterocycles. The lowest BCUT2D eigenvalue weighted by Crippen LogP contribution is -2.20. The number of hydrogen-bond donors (Lipinski definition) is 1. The average Bonchev–Trinajstić information content (AvgIpc) is 2.17. The van der Waals surface area contributed by atoms with Crippen molar-refractivity contribution >= 4 is 6.21 Å². The van der Waals surface area contributed by atoms with Crippen molar-refractivity contribution in [3.8, 4) is 0 Å². The smallest absolute Gasteiger partial charge is 0.0250 e. The molecule has 0 aromatic carbocycles. The van der Waals surface area contributed by atoms with Gasteiger partial charge in [0.1, 0.15) is 0 Å². The van der Waals surface area contributed by atoms with E-state index in [4.69, 9.17) is 5.41 Å². The molecule has 0 spiro atoms. The first kappa shape index (κ1) is 11.0. The van der Waals surface area contributed by atoms with E-state index in [1.54, 1.807) is 0 Å². The van der Waals surface area contributed by atoms with E-state index in [1.807, 2.05) is 0 Å². The van der Waals surface area contributed by atoms with Crippen molar-refractivity contribution in [2.75, 3.05) is 0 Å². The summed E-state index contributed by atoms with van der Waals surface area (Å²) in [5, 5.41) is 7.38. The van der Waals surface area contributed by atoms with Gasteiger partial charge in [-0.1, -0.05) is 43.7 Å². The molecule has 0 aromatic heterocycles. The Bertz CT molecular complexity index is 307. The van der Waals surface area contributed by atoms with Crippen LogP contribution in [-0.2, 0) is 0 Å². The number of hydrogen-bond acceptors (Lipinski definition) is 1. The molecular formula is C13H19N. The van der Waals surface area contributed by atoms with Gasteiger partial charge in [-0.05, 0) is 25.3 Å². The van der Waals surface area contributed by atoms with Crippen molar-refractivity contribution in [3.05, 3.63) is 35.5 Å². The zero-order valence-corrected chi connectivity index (χ0v) is 9.30. The molecular weight excluding hydrogens is 170 g/mol. The third kappa shape index (κ3) is 1.87. The van der Waals surface area contributed by atoms with Gasteiger partial charge in [-0.2, -0.15) is 0 Å². The molecule has 1 atom stereocenters. The summed E-state index contributed by atoms with van der Waals surface area (Å²) in [5.74, 6) is 0.